The van der Waals surface area contributed by atoms with E-state index in [1.165, 1.54) is 13.2 Å². The standard InChI is InChI=1S/C9H10N2O2.C5H11NO2/c1-13-9(12)5-3-7-2-4-8(10)11-6-7;1-5(2,3)8-4(6)7/h2-6H,1H3,(H2,10,11);1-3H3,(H2,6,7)/b5-3+;. The number of rotatable bonds is 2. The summed E-state index contributed by atoms with van der Waals surface area (Å²) in [7, 11) is 1.33. The van der Waals surface area contributed by atoms with E-state index in [0.717, 1.165) is 5.56 Å². The molecular weight excluding hydrogens is 274 g/mol. The fourth-order valence-electron chi connectivity index (χ4n) is 1.05. The highest BCUT2D eigenvalue weighted by molar-refractivity contribution is 5.86. The molecule has 0 bridgehead atoms. The predicted octanol–water partition coefficient (Wildman–Crippen LogP) is 1.73. The summed E-state index contributed by atoms with van der Waals surface area (Å²) < 4.78 is 9.00. The van der Waals surface area contributed by atoms with Gasteiger partial charge in [0.2, 0.25) is 0 Å². The van der Waals surface area contributed by atoms with Crippen LogP contribution in [0, 0.1) is 0 Å². The Balaban J connectivity index is 0.000000433. The van der Waals surface area contributed by atoms with Gasteiger partial charge in [-0.2, -0.15) is 0 Å². The molecule has 0 aliphatic heterocycles. The fourth-order valence-corrected chi connectivity index (χ4v) is 1.05. The molecule has 0 aliphatic carbocycles. The molecular formula is C14H21N3O4. The first-order chi connectivity index (χ1) is 9.64. The van der Waals surface area contributed by atoms with Crippen LogP contribution in [0.1, 0.15) is 26.3 Å². The van der Waals surface area contributed by atoms with Crippen LogP contribution in [0.4, 0.5) is 10.6 Å². The van der Waals surface area contributed by atoms with Crippen molar-refractivity contribution in [3.63, 3.8) is 0 Å². The van der Waals surface area contributed by atoms with Crippen LogP contribution in [0.3, 0.4) is 0 Å². The van der Waals surface area contributed by atoms with Gasteiger partial charge in [-0.25, -0.2) is 14.6 Å². The van der Waals surface area contributed by atoms with E-state index in [1.807, 2.05) is 0 Å². The van der Waals surface area contributed by atoms with Crippen LogP contribution in [0.2, 0.25) is 0 Å². The summed E-state index contributed by atoms with van der Waals surface area (Å²) in [6.45, 7) is 5.28. The van der Waals surface area contributed by atoms with Crippen molar-refractivity contribution in [1.29, 1.82) is 0 Å². The summed E-state index contributed by atoms with van der Waals surface area (Å²) in [5.41, 5.74) is 10.5. The normalized spacial score (nSPS) is 10.5. The number of nitrogen functional groups attached to an aromatic ring is 1. The van der Waals surface area contributed by atoms with Gasteiger partial charge in [0.1, 0.15) is 11.4 Å². The highest BCUT2D eigenvalue weighted by atomic mass is 16.6. The monoisotopic (exact) mass is 295 g/mol. The van der Waals surface area contributed by atoms with Crippen molar-refractivity contribution in [3.8, 4) is 0 Å². The Morgan fingerprint density at radius 2 is 1.90 bits per heavy atom. The summed E-state index contributed by atoms with van der Waals surface area (Å²) in [4.78, 5) is 24.6. The largest absolute Gasteiger partial charge is 0.466 e. The minimum atomic E-state index is -0.725. The van der Waals surface area contributed by atoms with Gasteiger partial charge >= 0.3 is 12.1 Å². The number of nitrogens with zero attached hydrogens (tertiary/aromatic N) is 1. The Morgan fingerprint density at radius 1 is 1.29 bits per heavy atom. The molecule has 0 unspecified atom stereocenters. The molecule has 21 heavy (non-hydrogen) atoms. The molecule has 7 heteroatoms. The molecule has 1 rings (SSSR count). The van der Waals surface area contributed by atoms with Crippen molar-refractivity contribution in [3.05, 3.63) is 30.0 Å². The highest BCUT2D eigenvalue weighted by Crippen LogP contribution is 2.05. The van der Waals surface area contributed by atoms with E-state index in [4.69, 9.17) is 11.5 Å². The number of hydrogen-bond donors (Lipinski definition) is 2. The SMILES string of the molecule is CC(C)(C)OC(N)=O.COC(=O)/C=C/c1ccc(N)nc1. The lowest BCUT2D eigenvalue weighted by molar-refractivity contribution is -0.134. The number of carbonyl (C=O) groups excluding carboxylic acids is 2. The molecule has 1 amide bonds. The number of amides is 1. The number of methoxy groups -OCH3 is 1. The Kier molecular flexibility index (Phi) is 7.52. The summed E-state index contributed by atoms with van der Waals surface area (Å²) in [6, 6.07) is 3.43. The van der Waals surface area contributed by atoms with Gasteiger partial charge in [0, 0.05) is 12.3 Å². The number of nitrogens with two attached hydrogens (primary N) is 2. The van der Waals surface area contributed by atoms with Gasteiger partial charge in [-0.1, -0.05) is 0 Å². The fraction of sp³-hybridized carbons (Fsp3) is 0.357. The van der Waals surface area contributed by atoms with Gasteiger partial charge in [-0.3, -0.25) is 0 Å². The molecule has 1 aromatic heterocycles. The molecule has 116 valence electrons. The Morgan fingerprint density at radius 3 is 2.24 bits per heavy atom. The van der Waals surface area contributed by atoms with Crippen LogP contribution in [-0.2, 0) is 14.3 Å². The van der Waals surface area contributed by atoms with E-state index in [2.05, 4.69) is 14.5 Å². The van der Waals surface area contributed by atoms with E-state index in [0.29, 0.717) is 5.82 Å². The molecule has 0 radical (unpaired) electrons. The van der Waals surface area contributed by atoms with Crippen molar-refractivity contribution in [1.82, 2.24) is 4.98 Å². The van der Waals surface area contributed by atoms with E-state index >= 15 is 0 Å². The highest BCUT2D eigenvalue weighted by Gasteiger charge is 2.12. The van der Waals surface area contributed by atoms with Gasteiger partial charge in [-0.15, -0.1) is 0 Å². The van der Waals surface area contributed by atoms with Crippen LogP contribution in [-0.4, -0.2) is 29.8 Å². The molecule has 0 saturated carbocycles. The molecule has 1 aromatic rings. The van der Waals surface area contributed by atoms with E-state index in [-0.39, 0.29) is 0 Å². The number of hydrogen-bond acceptors (Lipinski definition) is 6. The molecule has 0 fully saturated rings. The predicted molar refractivity (Wildman–Crippen MR) is 80.1 cm³/mol. The second kappa shape index (κ2) is 8.57. The van der Waals surface area contributed by atoms with E-state index in [1.54, 1.807) is 45.2 Å². The number of primary amides is 1. The van der Waals surface area contributed by atoms with Crippen LogP contribution in [0.25, 0.3) is 6.08 Å². The van der Waals surface area contributed by atoms with Crippen LogP contribution < -0.4 is 11.5 Å². The lowest BCUT2D eigenvalue weighted by Crippen LogP contribution is -2.27. The molecule has 0 spiro atoms. The quantitative estimate of drug-likeness (QED) is 0.633. The zero-order valence-corrected chi connectivity index (χ0v) is 12.6. The molecule has 0 aromatic carbocycles. The van der Waals surface area contributed by atoms with Crippen molar-refractivity contribution in [2.24, 2.45) is 5.73 Å². The van der Waals surface area contributed by atoms with Crippen molar-refractivity contribution in [2.75, 3.05) is 12.8 Å². The van der Waals surface area contributed by atoms with Crippen LogP contribution >= 0.6 is 0 Å². The molecule has 4 N–H and O–H groups in total. The number of anilines is 1. The Hall–Kier alpha value is -2.57. The first kappa shape index (κ1) is 18.4. The number of carbonyl (C=O) groups is 2. The maximum atomic E-state index is 10.7. The maximum Gasteiger partial charge on any atom is 0.405 e. The topological polar surface area (TPSA) is 118 Å². The van der Waals surface area contributed by atoms with E-state index < -0.39 is 17.7 Å². The third-order valence-corrected chi connectivity index (χ3v) is 1.83. The van der Waals surface area contributed by atoms with Gasteiger partial charge in [0.25, 0.3) is 0 Å². The average Bonchev–Trinajstić information content (AvgIpc) is 2.35. The lowest BCUT2D eigenvalue weighted by atomic mass is 10.2. The molecule has 0 atom stereocenters. The minimum absolute atomic E-state index is 0.392. The van der Waals surface area contributed by atoms with Gasteiger partial charge in [0.15, 0.2) is 0 Å². The third-order valence-electron chi connectivity index (χ3n) is 1.83. The molecule has 7 nitrogen and oxygen atoms in total. The Labute approximate surface area is 123 Å². The molecule has 0 aliphatic rings. The summed E-state index contributed by atoms with van der Waals surface area (Å²) in [6.07, 6.45) is 3.79. The summed E-state index contributed by atoms with van der Waals surface area (Å²) >= 11 is 0. The van der Waals surface area contributed by atoms with Crippen LogP contribution in [0.15, 0.2) is 24.4 Å². The molecule has 0 saturated heterocycles. The first-order valence-electron chi connectivity index (χ1n) is 6.10. The van der Waals surface area contributed by atoms with Gasteiger partial charge < -0.3 is 20.9 Å². The number of esters is 1. The second-order valence-corrected chi connectivity index (χ2v) is 4.91. The molecule has 1 heterocycles. The van der Waals surface area contributed by atoms with E-state index in [9.17, 15) is 9.59 Å². The zero-order chi connectivity index (χ0) is 16.5. The minimum Gasteiger partial charge on any atom is -0.466 e. The van der Waals surface area contributed by atoms with Gasteiger partial charge in [0.05, 0.1) is 7.11 Å². The zero-order valence-electron chi connectivity index (χ0n) is 12.6. The summed E-state index contributed by atoms with van der Waals surface area (Å²) in [5.74, 6) is 0.0621. The smallest absolute Gasteiger partial charge is 0.405 e. The van der Waals surface area contributed by atoms with Crippen molar-refractivity contribution < 1.29 is 19.1 Å². The lowest BCUT2D eigenvalue weighted by Gasteiger charge is -2.16. The van der Waals surface area contributed by atoms with Crippen molar-refractivity contribution >= 4 is 24.0 Å². The number of ether oxygens (including phenoxy) is 2. The van der Waals surface area contributed by atoms with Gasteiger partial charge in [-0.05, 0) is 44.5 Å². The second-order valence-electron chi connectivity index (χ2n) is 4.91. The third kappa shape index (κ3) is 11.0. The van der Waals surface area contributed by atoms with Crippen molar-refractivity contribution in [2.45, 2.75) is 26.4 Å². The number of pyridine rings is 1. The first-order valence-corrected chi connectivity index (χ1v) is 6.10. The Bertz CT molecular complexity index is 490. The average molecular weight is 295 g/mol. The number of aromatic nitrogens is 1. The maximum absolute atomic E-state index is 10.7. The summed E-state index contributed by atoms with van der Waals surface area (Å²) in [5, 5.41) is 0. The van der Waals surface area contributed by atoms with Crippen LogP contribution in [0.5, 0.6) is 0 Å².